The van der Waals surface area contributed by atoms with Crippen LogP contribution in [-0.4, -0.2) is 20.7 Å². The number of rotatable bonds is 1. The van der Waals surface area contributed by atoms with Crippen LogP contribution in [0.5, 0.6) is 0 Å². The normalized spacial score (nSPS) is 10.2. The molecule has 0 saturated carbocycles. The van der Waals surface area contributed by atoms with Crippen molar-refractivity contribution in [1.82, 2.24) is 15.0 Å². The average molecular weight is 173 g/mol. The number of hydrogen-bond acceptors (Lipinski definition) is 4. The molecule has 2 aromatic rings. The smallest absolute Gasteiger partial charge is 0.178 e. The SMILES string of the molecule is CC(=O)c1cc2nccnc2cn1. The van der Waals surface area contributed by atoms with Gasteiger partial charge in [0.15, 0.2) is 5.78 Å². The summed E-state index contributed by atoms with van der Waals surface area (Å²) in [7, 11) is 0. The second-order valence-corrected chi connectivity index (χ2v) is 2.67. The summed E-state index contributed by atoms with van der Waals surface area (Å²) in [6.45, 7) is 1.48. The van der Waals surface area contributed by atoms with Gasteiger partial charge >= 0.3 is 0 Å². The zero-order valence-electron chi connectivity index (χ0n) is 7.06. The van der Waals surface area contributed by atoms with Gasteiger partial charge in [0, 0.05) is 19.3 Å². The number of Topliss-reactive ketones (excluding diaryl/α,β-unsaturated/α-hetero) is 1. The molecule has 0 aromatic carbocycles. The van der Waals surface area contributed by atoms with E-state index in [2.05, 4.69) is 15.0 Å². The van der Waals surface area contributed by atoms with E-state index >= 15 is 0 Å². The minimum absolute atomic E-state index is 0.0625. The van der Waals surface area contributed by atoms with E-state index < -0.39 is 0 Å². The molecule has 0 aliphatic rings. The predicted octanol–water partition coefficient (Wildman–Crippen LogP) is 1.23. The van der Waals surface area contributed by atoms with Crippen LogP contribution in [0, 0.1) is 0 Å². The van der Waals surface area contributed by atoms with Gasteiger partial charge < -0.3 is 0 Å². The highest BCUT2D eigenvalue weighted by Gasteiger charge is 2.02. The molecule has 4 nitrogen and oxygen atoms in total. The lowest BCUT2D eigenvalue weighted by molar-refractivity contribution is 0.101. The predicted molar refractivity (Wildman–Crippen MR) is 47.3 cm³/mol. The number of hydrogen-bond donors (Lipinski definition) is 0. The lowest BCUT2D eigenvalue weighted by atomic mass is 10.2. The number of ketones is 1. The summed E-state index contributed by atoms with van der Waals surface area (Å²) in [5.41, 5.74) is 1.82. The summed E-state index contributed by atoms with van der Waals surface area (Å²) in [6.07, 6.45) is 4.74. The zero-order valence-corrected chi connectivity index (χ0v) is 7.06. The summed E-state index contributed by atoms with van der Waals surface area (Å²) in [6, 6.07) is 1.64. The Hall–Kier alpha value is -1.84. The molecule has 0 bridgehead atoms. The molecular formula is C9H7N3O. The first kappa shape index (κ1) is 7.79. The van der Waals surface area contributed by atoms with E-state index in [1.165, 1.54) is 6.92 Å². The second kappa shape index (κ2) is 2.90. The molecule has 0 fully saturated rings. The minimum atomic E-state index is -0.0625. The van der Waals surface area contributed by atoms with Gasteiger partial charge in [-0.1, -0.05) is 0 Å². The van der Waals surface area contributed by atoms with E-state index in [0.29, 0.717) is 16.7 Å². The highest BCUT2D eigenvalue weighted by Crippen LogP contribution is 2.07. The topological polar surface area (TPSA) is 55.7 Å². The molecule has 64 valence electrons. The third kappa shape index (κ3) is 1.38. The lowest BCUT2D eigenvalue weighted by Gasteiger charge is -1.96. The average Bonchev–Trinajstić information content (AvgIpc) is 2.17. The quantitative estimate of drug-likeness (QED) is 0.608. The Balaban J connectivity index is 2.69. The van der Waals surface area contributed by atoms with Gasteiger partial charge in [0.25, 0.3) is 0 Å². The Kier molecular flexibility index (Phi) is 1.73. The van der Waals surface area contributed by atoms with Crippen molar-refractivity contribution in [3.8, 4) is 0 Å². The van der Waals surface area contributed by atoms with Crippen LogP contribution in [0.4, 0.5) is 0 Å². The molecule has 2 aromatic heterocycles. The van der Waals surface area contributed by atoms with Crippen molar-refractivity contribution in [3.63, 3.8) is 0 Å². The second-order valence-electron chi connectivity index (χ2n) is 2.67. The number of pyridine rings is 1. The Morgan fingerprint density at radius 2 is 1.85 bits per heavy atom. The summed E-state index contributed by atoms with van der Waals surface area (Å²) in [5, 5.41) is 0. The molecule has 13 heavy (non-hydrogen) atoms. The van der Waals surface area contributed by atoms with E-state index in [9.17, 15) is 4.79 Å². The fourth-order valence-corrected chi connectivity index (χ4v) is 1.06. The van der Waals surface area contributed by atoms with Crippen molar-refractivity contribution in [3.05, 3.63) is 30.4 Å². The Labute approximate surface area is 74.7 Å². The van der Waals surface area contributed by atoms with Gasteiger partial charge in [0.05, 0.1) is 11.7 Å². The molecule has 0 radical (unpaired) electrons. The molecule has 2 heterocycles. The van der Waals surface area contributed by atoms with Gasteiger partial charge in [-0.3, -0.25) is 19.7 Å². The van der Waals surface area contributed by atoms with Crippen LogP contribution in [0.2, 0.25) is 0 Å². The lowest BCUT2D eigenvalue weighted by Crippen LogP contribution is -1.96. The van der Waals surface area contributed by atoms with Crippen LogP contribution in [0.25, 0.3) is 11.0 Å². The first-order valence-corrected chi connectivity index (χ1v) is 3.85. The fraction of sp³-hybridized carbons (Fsp3) is 0.111. The van der Waals surface area contributed by atoms with E-state index in [4.69, 9.17) is 0 Å². The van der Waals surface area contributed by atoms with Crippen molar-refractivity contribution in [2.24, 2.45) is 0 Å². The fourth-order valence-electron chi connectivity index (χ4n) is 1.06. The van der Waals surface area contributed by atoms with Crippen molar-refractivity contribution in [2.75, 3.05) is 0 Å². The highest BCUT2D eigenvalue weighted by molar-refractivity contribution is 5.94. The van der Waals surface area contributed by atoms with Gasteiger partial charge in [-0.05, 0) is 6.07 Å². The van der Waals surface area contributed by atoms with Crippen molar-refractivity contribution < 1.29 is 4.79 Å². The highest BCUT2D eigenvalue weighted by atomic mass is 16.1. The first-order chi connectivity index (χ1) is 6.27. The maximum Gasteiger partial charge on any atom is 0.178 e. The Morgan fingerprint density at radius 3 is 2.54 bits per heavy atom. The molecule has 0 spiro atoms. The van der Waals surface area contributed by atoms with Crippen molar-refractivity contribution in [2.45, 2.75) is 6.92 Å². The summed E-state index contributed by atoms with van der Waals surface area (Å²) in [5.74, 6) is -0.0625. The maximum absolute atomic E-state index is 11.0. The van der Waals surface area contributed by atoms with Gasteiger partial charge in [0.1, 0.15) is 11.2 Å². The van der Waals surface area contributed by atoms with E-state index in [-0.39, 0.29) is 5.78 Å². The molecule has 0 amide bonds. The van der Waals surface area contributed by atoms with Gasteiger partial charge in [-0.15, -0.1) is 0 Å². The number of fused-ring (bicyclic) bond motifs is 1. The minimum Gasteiger partial charge on any atom is -0.293 e. The molecule has 0 aliphatic carbocycles. The molecule has 0 atom stereocenters. The van der Waals surface area contributed by atoms with E-state index in [0.717, 1.165) is 0 Å². The largest absolute Gasteiger partial charge is 0.293 e. The van der Waals surface area contributed by atoms with Gasteiger partial charge in [-0.25, -0.2) is 0 Å². The third-order valence-electron chi connectivity index (χ3n) is 1.72. The molecule has 0 saturated heterocycles. The monoisotopic (exact) mass is 173 g/mol. The molecule has 0 unspecified atom stereocenters. The molecule has 0 aliphatic heterocycles. The molecule has 0 N–H and O–H groups in total. The van der Waals surface area contributed by atoms with E-state index in [1.807, 2.05) is 0 Å². The van der Waals surface area contributed by atoms with E-state index in [1.54, 1.807) is 24.7 Å². The maximum atomic E-state index is 11.0. The third-order valence-corrected chi connectivity index (χ3v) is 1.72. The summed E-state index contributed by atoms with van der Waals surface area (Å²) in [4.78, 5) is 23.0. The van der Waals surface area contributed by atoms with Crippen LogP contribution >= 0.6 is 0 Å². The van der Waals surface area contributed by atoms with Crippen LogP contribution < -0.4 is 0 Å². The number of carbonyl (C=O) groups is 1. The molecule has 4 heteroatoms. The first-order valence-electron chi connectivity index (χ1n) is 3.85. The number of carbonyl (C=O) groups excluding carboxylic acids is 1. The standard InChI is InChI=1S/C9H7N3O/c1-6(13)7-4-8-9(5-12-7)11-3-2-10-8/h2-5H,1H3. The zero-order chi connectivity index (χ0) is 9.26. The molecular weight excluding hydrogens is 166 g/mol. The molecule has 2 rings (SSSR count). The Morgan fingerprint density at radius 1 is 1.15 bits per heavy atom. The van der Waals surface area contributed by atoms with Gasteiger partial charge in [-0.2, -0.15) is 0 Å². The van der Waals surface area contributed by atoms with Crippen LogP contribution in [0.15, 0.2) is 24.7 Å². The van der Waals surface area contributed by atoms with Crippen LogP contribution in [0.1, 0.15) is 17.4 Å². The van der Waals surface area contributed by atoms with Gasteiger partial charge in [0.2, 0.25) is 0 Å². The van der Waals surface area contributed by atoms with Crippen molar-refractivity contribution in [1.29, 1.82) is 0 Å². The van der Waals surface area contributed by atoms with Crippen LogP contribution in [-0.2, 0) is 0 Å². The summed E-state index contributed by atoms with van der Waals surface area (Å²) < 4.78 is 0. The van der Waals surface area contributed by atoms with Crippen LogP contribution in [0.3, 0.4) is 0 Å². The number of aromatic nitrogens is 3. The van der Waals surface area contributed by atoms with Crippen molar-refractivity contribution >= 4 is 16.8 Å². The summed E-state index contributed by atoms with van der Waals surface area (Å²) >= 11 is 0. The number of nitrogens with zero attached hydrogens (tertiary/aromatic N) is 3. The Bertz CT molecular complexity index is 467.